The number of hydrogen-bond acceptors (Lipinski definition) is 3. The zero-order valence-electron chi connectivity index (χ0n) is 9.90. The Bertz CT molecular complexity index is 333. The zero-order chi connectivity index (χ0) is 12.3. The van der Waals surface area contributed by atoms with E-state index in [1.54, 1.807) is 0 Å². The van der Waals surface area contributed by atoms with Crippen LogP contribution >= 0.6 is 11.6 Å². The van der Waals surface area contributed by atoms with Crippen LogP contribution in [-0.2, 0) is 14.8 Å². The molecule has 1 heterocycles. The van der Waals surface area contributed by atoms with E-state index in [2.05, 4.69) is 4.72 Å². The van der Waals surface area contributed by atoms with E-state index in [4.69, 9.17) is 16.3 Å². The summed E-state index contributed by atoms with van der Waals surface area (Å²) in [6.45, 7) is 1.11. The summed E-state index contributed by atoms with van der Waals surface area (Å²) in [5.74, 6) is 0. The molecular formula is C11H20ClNO3S. The zero-order valence-corrected chi connectivity index (χ0v) is 11.5. The van der Waals surface area contributed by atoms with E-state index >= 15 is 0 Å². The lowest BCUT2D eigenvalue weighted by Crippen LogP contribution is -2.44. The third-order valence-corrected chi connectivity index (χ3v) is 6.04. The van der Waals surface area contributed by atoms with Crippen LogP contribution in [0, 0.1) is 0 Å². The fourth-order valence-electron chi connectivity index (χ4n) is 2.49. The van der Waals surface area contributed by atoms with Crippen LogP contribution in [-0.4, -0.2) is 38.3 Å². The number of sulfonamides is 1. The molecule has 1 saturated heterocycles. The van der Waals surface area contributed by atoms with E-state index in [1.807, 2.05) is 0 Å². The summed E-state index contributed by atoms with van der Waals surface area (Å²) >= 11 is 6.01. The lowest BCUT2D eigenvalue weighted by Gasteiger charge is -2.29. The molecule has 2 fully saturated rings. The summed E-state index contributed by atoms with van der Waals surface area (Å²) in [4.78, 5) is 0. The van der Waals surface area contributed by atoms with E-state index in [9.17, 15) is 8.42 Å². The Morgan fingerprint density at radius 2 is 1.59 bits per heavy atom. The van der Waals surface area contributed by atoms with Gasteiger partial charge in [0.2, 0.25) is 10.0 Å². The van der Waals surface area contributed by atoms with Gasteiger partial charge in [-0.1, -0.05) is 0 Å². The summed E-state index contributed by atoms with van der Waals surface area (Å²) in [6, 6.07) is 0.0813. The molecule has 0 spiro atoms. The van der Waals surface area contributed by atoms with Gasteiger partial charge in [0.15, 0.2) is 0 Å². The molecule has 6 heteroatoms. The second-order valence-electron chi connectivity index (χ2n) is 4.92. The van der Waals surface area contributed by atoms with Crippen molar-refractivity contribution in [3.05, 3.63) is 0 Å². The molecule has 2 aliphatic rings. The van der Waals surface area contributed by atoms with Gasteiger partial charge in [-0.15, -0.1) is 11.6 Å². The highest BCUT2D eigenvalue weighted by Gasteiger charge is 2.31. The summed E-state index contributed by atoms with van der Waals surface area (Å²) in [7, 11) is -3.17. The van der Waals surface area contributed by atoms with Gasteiger partial charge in [0.25, 0.3) is 0 Å². The molecule has 2 rings (SSSR count). The van der Waals surface area contributed by atoms with Gasteiger partial charge in [0, 0.05) is 24.6 Å². The third kappa shape index (κ3) is 3.81. The van der Waals surface area contributed by atoms with Gasteiger partial charge in [-0.05, 0) is 38.5 Å². The molecule has 0 radical (unpaired) electrons. The average Bonchev–Trinajstić information content (AvgIpc) is 2.33. The highest BCUT2D eigenvalue weighted by Crippen LogP contribution is 2.24. The first-order chi connectivity index (χ1) is 8.08. The molecule has 4 nitrogen and oxygen atoms in total. The smallest absolute Gasteiger partial charge is 0.214 e. The van der Waals surface area contributed by atoms with Gasteiger partial charge in [-0.25, -0.2) is 13.1 Å². The number of nitrogens with one attached hydrogen (secondary N) is 1. The number of rotatable bonds is 3. The second-order valence-corrected chi connectivity index (χ2v) is 7.53. The minimum atomic E-state index is -3.17. The van der Waals surface area contributed by atoms with Gasteiger partial charge in [-0.3, -0.25) is 0 Å². The minimum Gasteiger partial charge on any atom is -0.381 e. The summed E-state index contributed by atoms with van der Waals surface area (Å²) in [6.07, 6.45) is 4.75. The predicted molar refractivity (Wildman–Crippen MR) is 67.8 cm³/mol. The number of hydrogen-bond donors (Lipinski definition) is 1. The van der Waals surface area contributed by atoms with Gasteiger partial charge >= 0.3 is 0 Å². The Kier molecular flexibility index (Phi) is 4.69. The van der Waals surface area contributed by atoms with Crippen LogP contribution in [0.1, 0.15) is 38.5 Å². The summed E-state index contributed by atoms with van der Waals surface area (Å²) < 4.78 is 32.3. The van der Waals surface area contributed by atoms with E-state index in [1.165, 1.54) is 0 Å². The maximum absolute atomic E-state index is 12.1. The first kappa shape index (κ1) is 13.6. The molecule has 0 aromatic carbocycles. The third-order valence-electron chi connectivity index (χ3n) is 3.59. The van der Waals surface area contributed by atoms with Crippen molar-refractivity contribution in [1.82, 2.24) is 4.72 Å². The second kappa shape index (κ2) is 5.87. The normalized spacial score (nSPS) is 32.5. The number of alkyl halides is 1. The fraction of sp³-hybridized carbons (Fsp3) is 1.00. The number of ether oxygens (including phenoxy) is 1. The van der Waals surface area contributed by atoms with E-state index in [-0.39, 0.29) is 16.7 Å². The minimum absolute atomic E-state index is 0.0813. The SMILES string of the molecule is O=S(=O)(NC1CCC(Cl)CC1)C1CCOCC1. The lowest BCUT2D eigenvalue weighted by atomic mass is 9.96. The van der Waals surface area contributed by atoms with Gasteiger partial charge < -0.3 is 4.74 Å². The van der Waals surface area contributed by atoms with Crippen molar-refractivity contribution < 1.29 is 13.2 Å². The van der Waals surface area contributed by atoms with Crippen LogP contribution in [0.15, 0.2) is 0 Å². The average molecular weight is 282 g/mol. The van der Waals surface area contributed by atoms with Crippen LogP contribution in [0.4, 0.5) is 0 Å². The highest BCUT2D eigenvalue weighted by atomic mass is 35.5. The van der Waals surface area contributed by atoms with E-state index in [0.717, 1.165) is 25.7 Å². The van der Waals surface area contributed by atoms with Gasteiger partial charge in [-0.2, -0.15) is 0 Å². The molecule has 0 unspecified atom stereocenters. The molecular weight excluding hydrogens is 262 g/mol. The van der Waals surface area contributed by atoms with Crippen molar-refractivity contribution in [2.75, 3.05) is 13.2 Å². The van der Waals surface area contributed by atoms with E-state index in [0.29, 0.717) is 26.1 Å². The van der Waals surface area contributed by atoms with Crippen LogP contribution in [0.2, 0.25) is 0 Å². The monoisotopic (exact) mass is 281 g/mol. The molecule has 0 atom stereocenters. The van der Waals surface area contributed by atoms with Gasteiger partial charge in [0.1, 0.15) is 0 Å². The molecule has 1 aliphatic heterocycles. The molecule has 1 saturated carbocycles. The Morgan fingerprint density at radius 1 is 1.00 bits per heavy atom. The van der Waals surface area contributed by atoms with Crippen molar-refractivity contribution in [3.8, 4) is 0 Å². The van der Waals surface area contributed by atoms with Crippen molar-refractivity contribution >= 4 is 21.6 Å². The van der Waals surface area contributed by atoms with Crippen LogP contribution < -0.4 is 4.72 Å². The topological polar surface area (TPSA) is 55.4 Å². The van der Waals surface area contributed by atoms with Crippen molar-refractivity contribution in [1.29, 1.82) is 0 Å². The molecule has 1 aliphatic carbocycles. The van der Waals surface area contributed by atoms with Crippen molar-refractivity contribution in [2.24, 2.45) is 0 Å². The summed E-state index contributed by atoms with van der Waals surface area (Å²) in [5.41, 5.74) is 0. The molecule has 17 heavy (non-hydrogen) atoms. The largest absolute Gasteiger partial charge is 0.381 e. The predicted octanol–water partition coefficient (Wildman–Crippen LogP) is 1.63. The quantitative estimate of drug-likeness (QED) is 0.800. The maximum Gasteiger partial charge on any atom is 0.214 e. The molecule has 0 amide bonds. The molecule has 100 valence electrons. The first-order valence-electron chi connectivity index (χ1n) is 6.31. The van der Waals surface area contributed by atoms with Crippen LogP contribution in [0.25, 0.3) is 0 Å². The van der Waals surface area contributed by atoms with Gasteiger partial charge in [0.05, 0.1) is 5.25 Å². The Morgan fingerprint density at radius 3 is 2.18 bits per heavy atom. The lowest BCUT2D eigenvalue weighted by molar-refractivity contribution is 0.0980. The molecule has 0 aromatic rings. The van der Waals surface area contributed by atoms with Crippen molar-refractivity contribution in [3.63, 3.8) is 0 Å². The maximum atomic E-state index is 12.1. The molecule has 0 aromatic heterocycles. The van der Waals surface area contributed by atoms with E-state index < -0.39 is 10.0 Å². The Labute approximate surface area is 108 Å². The Hall–Kier alpha value is 0.160. The Balaban J connectivity index is 1.88. The fourth-order valence-corrected chi connectivity index (χ4v) is 4.44. The standard InChI is InChI=1S/C11H20ClNO3S/c12-9-1-3-10(4-2-9)13-17(14,15)11-5-7-16-8-6-11/h9-11,13H,1-8H2. The highest BCUT2D eigenvalue weighted by molar-refractivity contribution is 7.90. The molecule has 1 N–H and O–H groups in total. The van der Waals surface area contributed by atoms with Crippen LogP contribution in [0.3, 0.4) is 0 Å². The van der Waals surface area contributed by atoms with Crippen molar-refractivity contribution in [2.45, 2.75) is 55.2 Å². The molecule has 0 bridgehead atoms. The first-order valence-corrected chi connectivity index (χ1v) is 8.29. The van der Waals surface area contributed by atoms with Crippen LogP contribution in [0.5, 0.6) is 0 Å². The summed E-state index contributed by atoms with van der Waals surface area (Å²) in [5, 5.41) is -0.0520. The number of halogens is 1.